The molecule has 0 saturated heterocycles. The Hall–Kier alpha value is -4.32. The van der Waals surface area contributed by atoms with E-state index in [2.05, 4.69) is 47.0 Å². The van der Waals surface area contributed by atoms with Crippen LogP contribution in [0.15, 0.2) is 97.1 Å². The van der Waals surface area contributed by atoms with Crippen molar-refractivity contribution in [3.63, 3.8) is 0 Å². The van der Waals surface area contributed by atoms with E-state index in [-0.39, 0.29) is 12.1 Å². The van der Waals surface area contributed by atoms with Crippen LogP contribution < -0.4 is 29.6 Å². The fraction of sp³-hybridized carbons (Fsp3) is 0.200. The number of benzene rings is 4. The van der Waals surface area contributed by atoms with Gasteiger partial charge in [0, 0.05) is 11.4 Å². The zero-order valence-corrected chi connectivity index (χ0v) is 21.0. The highest BCUT2D eigenvalue weighted by Crippen LogP contribution is 2.40. The number of ether oxygens (including phenoxy) is 4. The summed E-state index contributed by atoms with van der Waals surface area (Å²) in [4.78, 5) is 0. The number of para-hydroxylation sites is 2. The maximum absolute atomic E-state index is 5.64. The van der Waals surface area contributed by atoms with E-state index in [1.54, 1.807) is 28.4 Å². The second-order valence-corrected chi connectivity index (χ2v) is 8.20. The van der Waals surface area contributed by atoms with Crippen molar-refractivity contribution in [1.82, 2.24) is 0 Å². The Balaban J connectivity index is 1.86. The Labute approximate surface area is 212 Å². The van der Waals surface area contributed by atoms with E-state index in [0.717, 1.165) is 22.5 Å². The lowest BCUT2D eigenvalue weighted by Crippen LogP contribution is -2.26. The Morgan fingerprint density at radius 2 is 0.806 bits per heavy atom. The van der Waals surface area contributed by atoms with E-state index in [4.69, 9.17) is 18.9 Å². The van der Waals surface area contributed by atoms with Gasteiger partial charge in [0.05, 0.1) is 40.5 Å². The van der Waals surface area contributed by atoms with Crippen LogP contribution in [0.25, 0.3) is 0 Å². The molecular formula is C30H32N2O4. The molecule has 0 heterocycles. The number of rotatable bonds is 11. The number of anilines is 2. The average molecular weight is 485 g/mol. The first kappa shape index (κ1) is 24.8. The molecule has 0 aliphatic rings. The summed E-state index contributed by atoms with van der Waals surface area (Å²) in [5.74, 6) is 2.69. The molecule has 186 valence electrons. The Morgan fingerprint density at radius 1 is 0.444 bits per heavy atom. The second-order valence-electron chi connectivity index (χ2n) is 8.20. The molecule has 4 aromatic rings. The first-order valence-corrected chi connectivity index (χ1v) is 11.7. The minimum atomic E-state index is -0.189. The molecular weight excluding hydrogens is 452 g/mol. The molecule has 0 spiro atoms. The van der Waals surface area contributed by atoms with Gasteiger partial charge in [0.2, 0.25) is 0 Å². The van der Waals surface area contributed by atoms with Crippen LogP contribution in [0.3, 0.4) is 0 Å². The molecule has 0 amide bonds. The molecule has 2 unspecified atom stereocenters. The second kappa shape index (κ2) is 11.9. The zero-order chi connectivity index (χ0) is 25.3. The molecule has 0 fully saturated rings. The molecule has 0 aromatic heterocycles. The summed E-state index contributed by atoms with van der Waals surface area (Å²) < 4.78 is 22.3. The van der Waals surface area contributed by atoms with Gasteiger partial charge < -0.3 is 29.6 Å². The Kier molecular flexibility index (Phi) is 8.19. The lowest BCUT2D eigenvalue weighted by Gasteiger charge is -2.32. The molecule has 2 N–H and O–H groups in total. The third kappa shape index (κ3) is 5.66. The van der Waals surface area contributed by atoms with Crippen LogP contribution in [0.4, 0.5) is 11.4 Å². The van der Waals surface area contributed by atoms with Crippen LogP contribution >= 0.6 is 0 Å². The SMILES string of the molecule is COc1ccc(C(Nc2ccccc2)C(Nc2ccccc2)c2ccc(OC)c(OC)c2)cc1OC. The quantitative estimate of drug-likeness (QED) is 0.246. The van der Waals surface area contributed by atoms with Crippen LogP contribution in [-0.2, 0) is 0 Å². The van der Waals surface area contributed by atoms with Crippen molar-refractivity contribution in [2.45, 2.75) is 12.1 Å². The predicted octanol–water partition coefficient (Wildman–Crippen LogP) is 6.73. The Bertz CT molecular complexity index is 1150. The monoisotopic (exact) mass is 484 g/mol. The van der Waals surface area contributed by atoms with Crippen LogP contribution in [-0.4, -0.2) is 28.4 Å². The zero-order valence-electron chi connectivity index (χ0n) is 21.0. The smallest absolute Gasteiger partial charge is 0.161 e. The van der Waals surface area contributed by atoms with E-state index in [9.17, 15) is 0 Å². The molecule has 0 aliphatic carbocycles. The van der Waals surface area contributed by atoms with Gasteiger partial charge >= 0.3 is 0 Å². The van der Waals surface area contributed by atoms with Crippen LogP contribution in [0, 0.1) is 0 Å². The molecule has 36 heavy (non-hydrogen) atoms. The van der Waals surface area contributed by atoms with Gasteiger partial charge in [-0.1, -0.05) is 48.5 Å². The third-order valence-corrected chi connectivity index (χ3v) is 6.06. The van der Waals surface area contributed by atoms with E-state index in [1.807, 2.05) is 60.7 Å². The maximum atomic E-state index is 5.64. The van der Waals surface area contributed by atoms with Gasteiger partial charge in [-0.25, -0.2) is 0 Å². The number of hydrogen-bond donors (Lipinski definition) is 2. The largest absolute Gasteiger partial charge is 0.493 e. The van der Waals surface area contributed by atoms with Crippen LogP contribution in [0.1, 0.15) is 23.2 Å². The van der Waals surface area contributed by atoms with Gasteiger partial charge in [-0.2, -0.15) is 0 Å². The van der Waals surface area contributed by atoms with E-state index in [0.29, 0.717) is 23.0 Å². The molecule has 4 aromatic carbocycles. The summed E-state index contributed by atoms with van der Waals surface area (Å²) in [6, 6.07) is 31.9. The van der Waals surface area contributed by atoms with Gasteiger partial charge in [-0.3, -0.25) is 0 Å². The first-order valence-electron chi connectivity index (χ1n) is 11.7. The lowest BCUT2D eigenvalue weighted by atomic mass is 9.92. The van der Waals surface area contributed by atoms with Gasteiger partial charge in [0.15, 0.2) is 23.0 Å². The van der Waals surface area contributed by atoms with Crippen molar-refractivity contribution >= 4 is 11.4 Å². The van der Waals surface area contributed by atoms with E-state index < -0.39 is 0 Å². The molecule has 0 radical (unpaired) electrons. The van der Waals surface area contributed by atoms with Gasteiger partial charge in [0.1, 0.15) is 0 Å². The highest BCUT2D eigenvalue weighted by Gasteiger charge is 2.27. The van der Waals surface area contributed by atoms with Gasteiger partial charge in [-0.15, -0.1) is 0 Å². The topological polar surface area (TPSA) is 61.0 Å². The minimum Gasteiger partial charge on any atom is -0.493 e. The summed E-state index contributed by atoms with van der Waals surface area (Å²) in [5, 5.41) is 7.48. The van der Waals surface area contributed by atoms with Crippen LogP contribution in [0.2, 0.25) is 0 Å². The number of nitrogens with one attached hydrogen (secondary N) is 2. The van der Waals surface area contributed by atoms with Crippen LogP contribution in [0.5, 0.6) is 23.0 Å². The van der Waals surface area contributed by atoms with Crippen molar-refractivity contribution < 1.29 is 18.9 Å². The van der Waals surface area contributed by atoms with Gasteiger partial charge in [0.25, 0.3) is 0 Å². The normalized spacial score (nSPS) is 12.2. The summed E-state index contributed by atoms with van der Waals surface area (Å²) >= 11 is 0. The van der Waals surface area contributed by atoms with Crippen molar-refractivity contribution in [2.75, 3.05) is 39.1 Å². The maximum Gasteiger partial charge on any atom is 0.161 e. The number of methoxy groups -OCH3 is 4. The van der Waals surface area contributed by atoms with Crippen molar-refractivity contribution in [3.05, 3.63) is 108 Å². The average Bonchev–Trinajstić information content (AvgIpc) is 2.95. The van der Waals surface area contributed by atoms with E-state index in [1.165, 1.54) is 0 Å². The first-order chi connectivity index (χ1) is 17.7. The van der Waals surface area contributed by atoms with Crippen molar-refractivity contribution in [3.8, 4) is 23.0 Å². The number of hydrogen-bond acceptors (Lipinski definition) is 6. The van der Waals surface area contributed by atoms with Crippen molar-refractivity contribution in [2.24, 2.45) is 0 Å². The summed E-state index contributed by atoms with van der Waals surface area (Å²) in [6.45, 7) is 0. The molecule has 4 rings (SSSR count). The Morgan fingerprint density at radius 3 is 1.14 bits per heavy atom. The van der Waals surface area contributed by atoms with Gasteiger partial charge in [-0.05, 0) is 59.7 Å². The molecule has 0 bridgehead atoms. The molecule has 2 atom stereocenters. The molecule has 0 saturated carbocycles. The summed E-state index contributed by atoms with van der Waals surface area (Å²) in [5.41, 5.74) is 4.05. The standard InChI is InChI=1S/C30H32N2O4/c1-33-25-17-15-21(19-27(25)35-3)29(31-23-11-7-5-8-12-23)30(32-24-13-9-6-10-14-24)22-16-18-26(34-2)28(20-22)36-4/h5-20,29-32H,1-4H3. The molecule has 6 nitrogen and oxygen atoms in total. The fourth-order valence-corrected chi connectivity index (χ4v) is 4.24. The highest BCUT2D eigenvalue weighted by molar-refractivity contribution is 5.55. The minimum absolute atomic E-state index is 0.189. The molecule has 0 aliphatic heterocycles. The predicted molar refractivity (Wildman–Crippen MR) is 145 cm³/mol. The summed E-state index contributed by atoms with van der Waals surface area (Å²) in [7, 11) is 6.58. The van der Waals surface area contributed by atoms with E-state index >= 15 is 0 Å². The van der Waals surface area contributed by atoms with Crippen molar-refractivity contribution in [1.29, 1.82) is 0 Å². The lowest BCUT2D eigenvalue weighted by molar-refractivity contribution is 0.353. The fourth-order valence-electron chi connectivity index (χ4n) is 4.24. The highest BCUT2D eigenvalue weighted by atomic mass is 16.5. The summed E-state index contributed by atoms with van der Waals surface area (Å²) in [6.07, 6.45) is 0. The molecule has 6 heteroatoms. The third-order valence-electron chi connectivity index (χ3n) is 6.06.